The van der Waals surface area contributed by atoms with Crippen LogP contribution in [0.15, 0.2) is 48.5 Å². The number of ether oxygens (including phenoxy) is 1. The van der Waals surface area contributed by atoms with Crippen molar-refractivity contribution in [3.63, 3.8) is 0 Å². The molecule has 2 fully saturated rings. The van der Waals surface area contributed by atoms with Crippen molar-refractivity contribution in [1.82, 2.24) is 9.80 Å². The first-order valence-corrected chi connectivity index (χ1v) is 10.8. The molecule has 1 unspecified atom stereocenters. The number of methoxy groups -OCH3 is 1. The Labute approximate surface area is 173 Å². The number of amides is 1. The molecular formula is C21H25N3O4S. The second-order valence-corrected chi connectivity index (χ2v) is 8.15. The fraction of sp³-hybridized carbons (Fsp3) is 0.381. The van der Waals surface area contributed by atoms with Crippen LogP contribution in [0.25, 0.3) is 0 Å². The maximum atomic E-state index is 13.1. The van der Waals surface area contributed by atoms with Gasteiger partial charge in [0.1, 0.15) is 5.75 Å². The maximum Gasteiger partial charge on any atom is 0.259 e. The normalized spacial score (nSPS) is 19.4. The Kier molecular flexibility index (Phi) is 5.58. The average Bonchev–Trinajstić information content (AvgIpc) is 3.55. The van der Waals surface area contributed by atoms with Crippen molar-refractivity contribution in [3.05, 3.63) is 59.7 Å². The number of carbonyl (C=O) groups is 1. The third-order valence-electron chi connectivity index (χ3n) is 5.84. The summed E-state index contributed by atoms with van der Waals surface area (Å²) in [6.07, 6.45) is 2.33. The topological polar surface area (TPSA) is 82.1 Å². The van der Waals surface area contributed by atoms with Gasteiger partial charge in [-0.3, -0.25) is 19.0 Å². The summed E-state index contributed by atoms with van der Waals surface area (Å²) in [6.45, 7) is 3.01. The van der Waals surface area contributed by atoms with Gasteiger partial charge in [0, 0.05) is 37.8 Å². The van der Waals surface area contributed by atoms with Gasteiger partial charge in [0.2, 0.25) is 0 Å². The maximum absolute atomic E-state index is 13.1. The molecule has 2 aliphatic rings. The summed E-state index contributed by atoms with van der Waals surface area (Å²) < 4.78 is 27.6. The van der Waals surface area contributed by atoms with Crippen molar-refractivity contribution in [3.8, 4) is 5.75 Å². The summed E-state index contributed by atoms with van der Waals surface area (Å²) in [4.78, 5) is 17.4. The van der Waals surface area contributed by atoms with E-state index in [1.807, 2.05) is 11.0 Å². The second kappa shape index (κ2) is 8.14. The SMILES string of the molecule is COc1cc(NS(=O)O)ccc1C(=O)N1CCN(C2(c3ccccc3)CC2)CC1. The van der Waals surface area contributed by atoms with Crippen LogP contribution in [0.3, 0.4) is 0 Å². The number of anilines is 1. The number of piperazine rings is 1. The van der Waals surface area contributed by atoms with Gasteiger partial charge in [-0.15, -0.1) is 0 Å². The van der Waals surface area contributed by atoms with Crippen LogP contribution in [0.4, 0.5) is 5.69 Å². The average molecular weight is 416 g/mol. The van der Waals surface area contributed by atoms with E-state index in [1.54, 1.807) is 18.2 Å². The van der Waals surface area contributed by atoms with Crippen molar-refractivity contribution in [1.29, 1.82) is 0 Å². The number of rotatable bonds is 6. The predicted molar refractivity (Wildman–Crippen MR) is 112 cm³/mol. The molecule has 29 heavy (non-hydrogen) atoms. The summed E-state index contributed by atoms with van der Waals surface area (Å²) in [5.41, 5.74) is 2.38. The zero-order valence-corrected chi connectivity index (χ0v) is 17.2. The van der Waals surface area contributed by atoms with E-state index in [0.29, 0.717) is 30.1 Å². The summed E-state index contributed by atoms with van der Waals surface area (Å²) in [6, 6.07) is 15.4. The lowest BCUT2D eigenvalue weighted by Crippen LogP contribution is -2.52. The Morgan fingerprint density at radius 1 is 1.10 bits per heavy atom. The van der Waals surface area contributed by atoms with Crippen LogP contribution >= 0.6 is 0 Å². The molecule has 0 aromatic heterocycles. The van der Waals surface area contributed by atoms with Gasteiger partial charge in [-0.1, -0.05) is 30.3 Å². The third kappa shape index (κ3) is 4.01. The number of nitrogens with one attached hydrogen (secondary N) is 1. The van der Waals surface area contributed by atoms with Crippen molar-refractivity contribution in [2.75, 3.05) is 38.0 Å². The lowest BCUT2D eigenvalue weighted by atomic mass is 10.0. The van der Waals surface area contributed by atoms with E-state index in [9.17, 15) is 9.00 Å². The number of benzene rings is 2. The molecule has 1 heterocycles. The third-order valence-corrected chi connectivity index (χ3v) is 6.25. The van der Waals surface area contributed by atoms with Gasteiger partial charge in [0.25, 0.3) is 17.2 Å². The van der Waals surface area contributed by atoms with Gasteiger partial charge < -0.3 is 9.64 Å². The van der Waals surface area contributed by atoms with Gasteiger partial charge in [0.15, 0.2) is 0 Å². The molecule has 154 valence electrons. The molecule has 2 N–H and O–H groups in total. The molecule has 4 rings (SSSR count). The molecule has 1 saturated heterocycles. The summed E-state index contributed by atoms with van der Waals surface area (Å²) in [5, 5.41) is 0. The summed E-state index contributed by atoms with van der Waals surface area (Å²) in [7, 11) is 1.49. The Morgan fingerprint density at radius 2 is 1.79 bits per heavy atom. The quantitative estimate of drug-likeness (QED) is 0.709. The Hall–Kier alpha value is -2.42. The Morgan fingerprint density at radius 3 is 2.38 bits per heavy atom. The van der Waals surface area contributed by atoms with E-state index < -0.39 is 11.3 Å². The molecule has 0 bridgehead atoms. The first kappa shape index (κ1) is 19.9. The molecule has 1 aliphatic carbocycles. The van der Waals surface area contributed by atoms with Crippen LogP contribution in [-0.2, 0) is 16.8 Å². The summed E-state index contributed by atoms with van der Waals surface area (Å²) >= 11 is -2.18. The molecular weight excluding hydrogens is 390 g/mol. The van der Waals surface area contributed by atoms with Crippen molar-refractivity contribution in [2.24, 2.45) is 0 Å². The highest BCUT2D eigenvalue weighted by atomic mass is 32.2. The molecule has 1 atom stereocenters. The largest absolute Gasteiger partial charge is 0.496 e. The molecule has 0 spiro atoms. The zero-order chi connectivity index (χ0) is 20.4. The Balaban J connectivity index is 1.44. The van der Waals surface area contributed by atoms with E-state index >= 15 is 0 Å². The molecule has 1 amide bonds. The van der Waals surface area contributed by atoms with Gasteiger partial charge in [-0.2, -0.15) is 0 Å². The number of hydrogen-bond donors (Lipinski definition) is 2. The zero-order valence-electron chi connectivity index (χ0n) is 16.3. The van der Waals surface area contributed by atoms with Crippen LogP contribution in [0, 0.1) is 0 Å². The van der Waals surface area contributed by atoms with Crippen LogP contribution < -0.4 is 9.46 Å². The fourth-order valence-electron chi connectivity index (χ4n) is 4.19. The van der Waals surface area contributed by atoms with Crippen molar-refractivity contribution >= 4 is 22.9 Å². The lowest BCUT2D eigenvalue weighted by molar-refractivity contribution is 0.0528. The molecule has 2 aromatic rings. The number of carbonyl (C=O) groups excluding carboxylic acids is 1. The highest BCUT2D eigenvalue weighted by Gasteiger charge is 2.49. The smallest absolute Gasteiger partial charge is 0.259 e. The molecule has 2 aromatic carbocycles. The monoisotopic (exact) mass is 415 g/mol. The van der Waals surface area contributed by atoms with Gasteiger partial charge in [0.05, 0.1) is 18.4 Å². The number of hydrogen-bond acceptors (Lipinski definition) is 4. The van der Waals surface area contributed by atoms with Gasteiger partial charge in [-0.25, -0.2) is 4.21 Å². The Bertz CT molecular complexity index is 909. The summed E-state index contributed by atoms with van der Waals surface area (Å²) in [5.74, 6) is 0.304. The molecule has 0 radical (unpaired) electrons. The minimum absolute atomic E-state index is 0.0808. The van der Waals surface area contributed by atoms with Crippen LogP contribution in [0.1, 0.15) is 28.8 Å². The molecule has 7 nitrogen and oxygen atoms in total. The van der Waals surface area contributed by atoms with Crippen molar-refractivity contribution < 1.29 is 18.3 Å². The van der Waals surface area contributed by atoms with Crippen molar-refractivity contribution in [2.45, 2.75) is 18.4 Å². The molecule has 1 aliphatic heterocycles. The highest BCUT2D eigenvalue weighted by molar-refractivity contribution is 7.80. The van der Waals surface area contributed by atoms with E-state index in [0.717, 1.165) is 13.1 Å². The highest BCUT2D eigenvalue weighted by Crippen LogP contribution is 2.51. The minimum atomic E-state index is -2.18. The van der Waals surface area contributed by atoms with E-state index in [2.05, 4.69) is 33.9 Å². The first-order valence-electron chi connectivity index (χ1n) is 9.69. The standard InChI is InChI=1S/C21H25N3O4S/c1-28-19-15-17(22-29(26)27)7-8-18(19)20(25)23-11-13-24(14-12-23)21(9-10-21)16-5-3-2-4-6-16/h2-8,15,22H,9-14H2,1H3,(H,26,27). The van der Waals surface area contributed by atoms with Crippen LogP contribution in [0.2, 0.25) is 0 Å². The number of nitrogens with zero attached hydrogens (tertiary/aromatic N) is 2. The van der Waals surface area contributed by atoms with E-state index in [-0.39, 0.29) is 11.4 Å². The predicted octanol–water partition coefficient (Wildman–Crippen LogP) is 2.69. The van der Waals surface area contributed by atoms with Gasteiger partial charge in [-0.05, 0) is 30.5 Å². The molecule has 8 heteroatoms. The van der Waals surface area contributed by atoms with E-state index in [1.165, 1.54) is 25.5 Å². The second-order valence-electron chi connectivity index (χ2n) is 7.44. The van der Waals surface area contributed by atoms with E-state index in [4.69, 9.17) is 9.29 Å². The lowest BCUT2D eigenvalue weighted by Gasteiger charge is -2.40. The van der Waals surface area contributed by atoms with Crippen LogP contribution in [-0.4, -0.2) is 57.8 Å². The fourth-order valence-corrected chi connectivity index (χ4v) is 4.52. The van der Waals surface area contributed by atoms with Gasteiger partial charge >= 0.3 is 0 Å². The minimum Gasteiger partial charge on any atom is -0.496 e. The molecule has 1 saturated carbocycles. The first-order chi connectivity index (χ1) is 14.0. The van der Waals surface area contributed by atoms with Crippen LogP contribution in [0.5, 0.6) is 5.75 Å².